The van der Waals surface area contributed by atoms with Crippen LogP contribution in [-0.4, -0.2) is 71.7 Å². The second-order valence-electron chi connectivity index (χ2n) is 13.2. The van der Waals surface area contributed by atoms with Gasteiger partial charge in [0.2, 0.25) is 0 Å². The Labute approximate surface area is 294 Å². The number of carbonyl (C=O) groups is 2. The number of benzene rings is 4. The minimum absolute atomic E-state index is 0.00415. The first-order chi connectivity index (χ1) is 24.3. The molecule has 2 heterocycles. The molecular formula is C41H47N3O6. The van der Waals surface area contributed by atoms with Gasteiger partial charge in [-0.3, -0.25) is 19.4 Å². The molecule has 2 fully saturated rings. The largest absolute Gasteiger partial charge is 0.453 e. The molecule has 0 saturated carbocycles. The van der Waals surface area contributed by atoms with Crippen LogP contribution in [0.4, 0.5) is 0 Å². The average Bonchev–Trinajstić information content (AvgIpc) is 3.15. The molecule has 0 unspecified atom stereocenters. The molecule has 1 amide bonds. The molecule has 0 aromatic heterocycles. The number of ether oxygens (including phenoxy) is 3. The first-order valence-corrected chi connectivity index (χ1v) is 17.5. The maximum Gasteiger partial charge on any atom is 0.303 e. The van der Waals surface area contributed by atoms with Crippen molar-refractivity contribution < 1.29 is 28.9 Å². The maximum absolute atomic E-state index is 12.4. The van der Waals surface area contributed by atoms with Gasteiger partial charge in [0, 0.05) is 64.7 Å². The molecule has 50 heavy (non-hydrogen) atoms. The monoisotopic (exact) mass is 677 g/mol. The summed E-state index contributed by atoms with van der Waals surface area (Å²) in [7, 11) is 0. The predicted octanol–water partition coefficient (Wildman–Crippen LogP) is 5.78. The number of piperazine rings is 1. The van der Waals surface area contributed by atoms with Crippen LogP contribution >= 0.6 is 0 Å². The van der Waals surface area contributed by atoms with Crippen molar-refractivity contribution in [1.29, 1.82) is 0 Å². The topological polar surface area (TPSA) is 101 Å². The van der Waals surface area contributed by atoms with Crippen molar-refractivity contribution in [3.63, 3.8) is 0 Å². The van der Waals surface area contributed by atoms with Crippen LogP contribution in [0.5, 0.6) is 0 Å². The Hall–Kier alpha value is -4.38. The minimum Gasteiger partial charge on any atom is -0.453 e. The first kappa shape index (κ1) is 35.4. The number of esters is 1. The third-order valence-corrected chi connectivity index (χ3v) is 9.39. The van der Waals surface area contributed by atoms with Crippen molar-refractivity contribution in [3.8, 4) is 11.1 Å². The molecule has 2 aliphatic heterocycles. The van der Waals surface area contributed by atoms with E-state index in [1.807, 2.05) is 60.7 Å². The molecule has 0 radical (unpaired) electrons. The van der Waals surface area contributed by atoms with Crippen LogP contribution in [0.15, 0.2) is 103 Å². The Morgan fingerprint density at radius 3 is 2.20 bits per heavy atom. The molecule has 9 nitrogen and oxygen atoms in total. The summed E-state index contributed by atoms with van der Waals surface area (Å²) in [6, 6.07) is 34.9. The SMILES string of the molecule is CC(=O)O[C@@H](C)C(=O)NCc1cccc(-c2cccc([C@@H]3O[C@H](CN4CCN(Cc5ccccc5)CC4)C[C@H](c4ccc(CO)cc4)O3)c2)c1. The zero-order chi connectivity index (χ0) is 34.9. The van der Waals surface area contributed by atoms with Gasteiger partial charge in [-0.25, -0.2) is 0 Å². The number of hydrogen-bond donors (Lipinski definition) is 2. The van der Waals surface area contributed by atoms with Crippen LogP contribution in [0.1, 0.15) is 60.5 Å². The highest BCUT2D eigenvalue weighted by molar-refractivity contribution is 5.82. The van der Waals surface area contributed by atoms with Crippen LogP contribution in [0.25, 0.3) is 11.1 Å². The van der Waals surface area contributed by atoms with Crippen molar-refractivity contribution in [2.24, 2.45) is 0 Å². The molecule has 4 atom stereocenters. The second-order valence-corrected chi connectivity index (χ2v) is 13.2. The van der Waals surface area contributed by atoms with Gasteiger partial charge in [0.1, 0.15) is 0 Å². The summed E-state index contributed by atoms with van der Waals surface area (Å²) >= 11 is 0. The molecule has 9 heteroatoms. The van der Waals surface area contributed by atoms with E-state index >= 15 is 0 Å². The molecule has 0 spiro atoms. The first-order valence-electron chi connectivity index (χ1n) is 17.5. The van der Waals surface area contributed by atoms with Crippen molar-refractivity contribution in [1.82, 2.24) is 15.1 Å². The summed E-state index contributed by atoms with van der Waals surface area (Å²) in [4.78, 5) is 28.6. The number of nitrogens with zero attached hydrogens (tertiary/aromatic N) is 2. The van der Waals surface area contributed by atoms with E-state index in [9.17, 15) is 14.7 Å². The Morgan fingerprint density at radius 2 is 1.48 bits per heavy atom. The number of carbonyl (C=O) groups excluding carboxylic acids is 2. The molecule has 4 aromatic rings. The fourth-order valence-electron chi connectivity index (χ4n) is 6.65. The molecule has 0 bridgehead atoms. The van der Waals surface area contributed by atoms with E-state index in [-0.39, 0.29) is 24.7 Å². The average molecular weight is 678 g/mol. The maximum atomic E-state index is 12.4. The number of nitrogens with one attached hydrogen (secondary N) is 1. The highest BCUT2D eigenvalue weighted by Crippen LogP contribution is 2.39. The van der Waals surface area contributed by atoms with Gasteiger partial charge in [0.25, 0.3) is 5.91 Å². The zero-order valence-electron chi connectivity index (χ0n) is 28.9. The highest BCUT2D eigenvalue weighted by atomic mass is 16.7. The smallest absolute Gasteiger partial charge is 0.303 e. The summed E-state index contributed by atoms with van der Waals surface area (Å²) in [5.41, 5.74) is 7.17. The van der Waals surface area contributed by atoms with E-state index in [2.05, 4.69) is 57.6 Å². The lowest BCUT2D eigenvalue weighted by atomic mass is 9.98. The fraction of sp³-hybridized carbons (Fsp3) is 0.366. The van der Waals surface area contributed by atoms with Gasteiger partial charge < -0.3 is 24.6 Å². The van der Waals surface area contributed by atoms with Gasteiger partial charge in [0.05, 0.1) is 18.8 Å². The van der Waals surface area contributed by atoms with Crippen LogP contribution in [0, 0.1) is 0 Å². The lowest BCUT2D eigenvalue weighted by Gasteiger charge is -2.41. The normalized spacial score (nSPS) is 20.6. The van der Waals surface area contributed by atoms with Gasteiger partial charge in [-0.15, -0.1) is 0 Å². The van der Waals surface area contributed by atoms with Gasteiger partial charge in [0.15, 0.2) is 12.4 Å². The Morgan fingerprint density at radius 1 is 0.800 bits per heavy atom. The van der Waals surface area contributed by atoms with Crippen LogP contribution in [0.2, 0.25) is 0 Å². The lowest BCUT2D eigenvalue weighted by Crippen LogP contribution is -2.49. The van der Waals surface area contributed by atoms with E-state index in [0.29, 0.717) is 6.54 Å². The van der Waals surface area contributed by atoms with Crippen molar-refractivity contribution >= 4 is 11.9 Å². The standard InChI is InChI=1S/C41H47N3O6/c1-29(48-30(2)46)40(47)42-25-33-10-6-11-35(22-33)36-12-7-13-37(23-36)41-49-38(24-39(50-41)34-16-14-32(28-45)15-17-34)27-44-20-18-43(19-21-44)26-31-8-4-3-5-9-31/h3-17,22-23,29,38-39,41,45H,18-21,24-28H2,1-2H3,(H,42,47)/t29-,38-,39+,41+/m0/s1. The molecular weight excluding hydrogens is 630 g/mol. The Balaban J connectivity index is 1.14. The van der Waals surface area contributed by atoms with E-state index in [1.165, 1.54) is 12.5 Å². The summed E-state index contributed by atoms with van der Waals surface area (Å²) < 4.78 is 18.4. The number of aliphatic hydroxyl groups excluding tert-OH is 1. The van der Waals surface area contributed by atoms with Crippen LogP contribution < -0.4 is 5.32 Å². The van der Waals surface area contributed by atoms with Crippen LogP contribution in [-0.2, 0) is 43.5 Å². The molecule has 6 rings (SSSR count). The van der Waals surface area contributed by atoms with E-state index in [1.54, 1.807) is 6.92 Å². The number of hydrogen-bond acceptors (Lipinski definition) is 8. The third-order valence-electron chi connectivity index (χ3n) is 9.39. The molecule has 0 aliphatic carbocycles. The van der Waals surface area contributed by atoms with E-state index < -0.39 is 18.4 Å². The van der Waals surface area contributed by atoms with Crippen molar-refractivity contribution in [2.75, 3.05) is 32.7 Å². The van der Waals surface area contributed by atoms with Gasteiger partial charge in [-0.1, -0.05) is 91.0 Å². The Kier molecular flexibility index (Phi) is 12.1. The van der Waals surface area contributed by atoms with E-state index in [4.69, 9.17) is 14.2 Å². The Bertz CT molecular complexity index is 1710. The van der Waals surface area contributed by atoms with Gasteiger partial charge >= 0.3 is 5.97 Å². The molecule has 262 valence electrons. The lowest BCUT2D eigenvalue weighted by molar-refractivity contribution is -0.253. The quantitative estimate of drug-likeness (QED) is 0.182. The molecule has 2 saturated heterocycles. The number of rotatable bonds is 12. The van der Waals surface area contributed by atoms with E-state index in [0.717, 1.165) is 79.1 Å². The summed E-state index contributed by atoms with van der Waals surface area (Å²) in [6.45, 7) is 8.97. The second kappa shape index (κ2) is 17.0. The zero-order valence-corrected chi connectivity index (χ0v) is 28.9. The predicted molar refractivity (Wildman–Crippen MR) is 192 cm³/mol. The third kappa shape index (κ3) is 9.65. The molecule has 2 N–H and O–H groups in total. The van der Waals surface area contributed by atoms with Gasteiger partial charge in [-0.2, -0.15) is 0 Å². The summed E-state index contributed by atoms with van der Waals surface area (Å²) in [5.74, 6) is -0.835. The van der Waals surface area contributed by atoms with Crippen LogP contribution in [0.3, 0.4) is 0 Å². The summed E-state index contributed by atoms with van der Waals surface area (Å²) in [5, 5.41) is 12.5. The van der Waals surface area contributed by atoms with Crippen molar-refractivity contribution in [2.45, 2.75) is 64.6 Å². The summed E-state index contributed by atoms with van der Waals surface area (Å²) in [6.07, 6.45) is -0.853. The highest BCUT2D eigenvalue weighted by Gasteiger charge is 2.34. The number of aliphatic hydroxyl groups is 1. The molecule has 2 aliphatic rings. The minimum atomic E-state index is -0.854. The number of amides is 1. The fourth-order valence-corrected chi connectivity index (χ4v) is 6.65. The van der Waals surface area contributed by atoms with Gasteiger partial charge in [-0.05, 0) is 52.4 Å². The van der Waals surface area contributed by atoms with Crippen molar-refractivity contribution in [3.05, 3.63) is 131 Å². The molecule has 4 aromatic carbocycles.